The van der Waals surface area contributed by atoms with Crippen molar-refractivity contribution in [1.82, 2.24) is 15.6 Å². The number of nitrogens with zero attached hydrogens (tertiary/aromatic N) is 2. The minimum atomic E-state index is -1.14. The molecule has 162 valence electrons. The highest BCUT2D eigenvalue weighted by Gasteiger charge is 2.29. The second-order valence-electron chi connectivity index (χ2n) is 6.86. The van der Waals surface area contributed by atoms with Gasteiger partial charge in [-0.15, -0.1) is 0 Å². The molecule has 10 nitrogen and oxygen atoms in total. The van der Waals surface area contributed by atoms with E-state index < -0.39 is 18.0 Å². The minimum Gasteiger partial charge on any atom is -0.478 e. The molecule has 0 radical (unpaired) electrons. The number of carboxylic acids is 1. The standard InChI is InChI=1S/C22H18N4O6/c27-18(28)10-5-11-23-21(29)19-20(26-32-25-19)24-22(30)31-12-17-15-8-3-1-6-13(15)14-7-2-4-9-16(14)17/h1-10,17H,11-12H2,(H,23,29)(H,27,28)(H,24,26,30)/b10-5+. The second kappa shape index (κ2) is 9.13. The number of amides is 2. The average Bonchev–Trinajstić information content (AvgIpc) is 3.37. The number of anilines is 1. The van der Waals surface area contributed by atoms with E-state index >= 15 is 0 Å². The van der Waals surface area contributed by atoms with Crippen LogP contribution in [0, 0.1) is 0 Å². The topological polar surface area (TPSA) is 144 Å². The smallest absolute Gasteiger partial charge is 0.412 e. The first-order valence-corrected chi connectivity index (χ1v) is 9.67. The van der Waals surface area contributed by atoms with Crippen molar-refractivity contribution in [3.05, 3.63) is 77.5 Å². The molecule has 3 N–H and O–H groups in total. The van der Waals surface area contributed by atoms with E-state index in [1.165, 1.54) is 6.08 Å². The fraction of sp³-hybridized carbons (Fsp3) is 0.136. The van der Waals surface area contributed by atoms with Gasteiger partial charge in [0.15, 0.2) is 0 Å². The van der Waals surface area contributed by atoms with Crippen molar-refractivity contribution < 1.29 is 28.9 Å². The molecular formula is C22H18N4O6. The van der Waals surface area contributed by atoms with Crippen molar-refractivity contribution in [3.63, 3.8) is 0 Å². The van der Waals surface area contributed by atoms with Gasteiger partial charge in [0.1, 0.15) is 6.61 Å². The summed E-state index contributed by atoms with van der Waals surface area (Å²) in [5.41, 5.74) is 4.09. The normalized spacial score (nSPS) is 12.2. The van der Waals surface area contributed by atoms with E-state index in [1.807, 2.05) is 48.5 Å². The maximum absolute atomic E-state index is 12.4. The van der Waals surface area contributed by atoms with Crippen LogP contribution < -0.4 is 10.6 Å². The summed E-state index contributed by atoms with van der Waals surface area (Å²) in [5, 5.41) is 20.3. The van der Waals surface area contributed by atoms with E-state index in [0.29, 0.717) is 0 Å². The van der Waals surface area contributed by atoms with Gasteiger partial charge < -0.3 is 15.2 Å². The van der Waals surface area contributed by atoms with E-state index in [2.05, 4.69) is 25.6 Å². The van der Waals surface area contributed by atoms with Crippen LogP contribution in [0.4, 0.5) is 10.6 Å². The maximum Gasteiger partial charge on any atom is 0.412 e. The van der Waals surface area contributed by atoms with Crippen molar-refractivity contribution in [1.29, 1.82) is 0 Å². The molecule has 3 aromatic rings. The number of fused-ring (bicyclic) bond motifs is 3. The number of ether oxygens (including phenoxy) is 1. The van der Waals surface area contributed by atoms with Crippen LogP contribution in [0.15, 0.2) is 65.3 Å². The number of aromatic nitrogens is 2. The highest BCUT2D eigenvalue weighted by molar-refractivity contribution is 5.99. The molecule has 10 heteroatoms. The Morgan fingerprint density at radius 2 is 1.69 bits per heavy atom. The lowest BCUT2D eigenvalue weighted by Gasteiger charge is -2.14. The molecule has 1 aromatic heterocycles. The molecule has 2 amide bonds. The number of hydrogen-bond donors (Lipinski definition) is 3. The molecule has 0 saturated carbocycles. The summed E-state index contributed by atoms with van der Waals surface area (Å²) in [5.74, 6) is -2.16. The highest BCUT2D eigenvalue weighted by atomic mass is 16.6. The number of carboxylic acid groups (broad SMARTS) is 1. The van der Waals surface area contributed by atoms with Crippen LogP contribution in [0.3, 0.4) is 0 Å². The first kappa shape index (κ1) is 20.8. The Hall–Kier alpha value is -4.47. The molecule has 2 aromatic carbocycles. The van der Waals surface area contributed by atoms with E-state index in [-0.39, 0.29) is 30.6 Å². The van der Waals surface area contributed by atoms with Gasteiger partial charge in [-0.25, -0.2) is 14.2 Å². The number of nitrogens with one attached hydrogen (secondary N) is 2. The van der Waals surface area contributed by atoms with Gasteiger partial charge in [-0.05, 0) is 32.6 Å². The summed E-state index contributed by atoms with van der Waals surface area (Å²) in [7, 11) is 0. The van der Waals surface area contributed by atoms with Gasteiger partial charge in [0.25, 0.3) is 5.91 Å². The summed E-state index contributed by atoms with van der Waals surface area (Å²) >= 11 is 0. The fourth-order valence-corrected chi connectivity index (χ4v) is 3.55. The predicted molar refractivity (Wildman–Crippen MR) is 112 cm³/mol. The van der Waals surface area contributed by atoms with Crippen molar-refractivity contribution >= 4 is 23.8 Å². The Morgan fingerprint density at radius 1 is 1.03 bits per heavy atom. The van der Waals surface area contributed by atoms with Crippen molar-refractivity contribution in [2.24, 2.45) is 0 Å². The Labute approximate surface area is 181 Å². The predicted octanol–water partition coefficient (Wildman–Crippen LogP) is 2.80. The molecule has 32 heavy (non-hydrogen) atoms. The van der Waals surface area contributed by atoms with Gasteiger partial charge in [-0.1, -0.05) is 54.6 Å². The second-order valence-corrected chi connectivity index (χ2v) is 6.86. The number of aliphatic carboxylic acids is 1. The molecule has 0 atom stereocenters. The number of rotatable bonds is 7. The Balaban J connectivity index is 1.38. The summed E-state index contributed by atoms with van der Waals surface area (Å²) < 4.78 is 9.94. The zero-order chi connectivity index (χ0) is 22.5. The summed E-state index contributed by atoms with van der Waals surface area (Å²) in [6.45, 7) is 0.0367. The third-order valence-corrected chi connectivity index (χ3v) is 4.91. The summed E-state index contributed by atoms with van der Waals surface area (Å²) in [6.07, 6.45) is 1.31. The van der Waals surface area contributed by atoms with Crippen LogP contribution in [0.1, 0.15) is 27.5 Å². The molecule has 1 heterocycles. The monoisotopic (exact) mass is 434 g/mol. The lowest BCUT2D eigenvalue weighted by molar-refractivity contribution is -0.131. The van der Waals surface area contributed by atoms with Crippen molar-refractivity contribution in [3.8, 4) is 11.1 Å². The van der Waals surface area contributed by atoms with Gasteiger partial charge in [0.2, 0.25) is 11.5 Å². The van der Waals surface area contributed by atoms with Gasteiger partial charge in [0, 0.05) is 18.5 Å². The minimum absolute atomic E-state index is 0.0532. The third-order valence-electron chi connectivity index (χ3n) is 4.91. The average molecular weight is 434 g/mol. The van der Waals surface area contributed by atoms with Gasteiger partial charge in [0.05, 0.1) is 0 Å². The van der Waals surface area contributed by atoms with Crippen LogP contribution in [0.5, 0.6) is 0 Å². The fourth-order valence-electron chi connectivity index (χ4n) is 3.55. The molecule has 0 bridgehead atoms. The molecule has 0 spiro atoms. The van der Waals surface area contributed by atoms with Gasteiger partial charge >= 0.3 is 12.1 Å². The zero-order valence-electron chi connectivity index (χ0n) is 16.6. The molecule has 0 saturated heterocycles. The van der Waals surface area contributed by atoms with Crippen LogP contribution in [0.2, 0.25) is 0 Å². The number of carbonyl (C=O) groups is 3. The van der Waals surface area contributed by atoms with E-state index in [1.54, 1.807) is 0 Å². The molecule has 4 rings (SSSR count). The quantitative estimate of drug-likeness (QED) is 0.482. The number of benzene rings is 2. The number of hydrogen-bond acceptors (Lipinski definition) is 7. The maximum atomic E-state index is 12.4. The van der Waals surface area contributed by atoms with E-state index in [0.717, 1.165) is 28.3 Å². The lowest BCUT2D eigenvalue weighted by atomic mass is 9.98. The highest BCUT2D eigenvalue weighted by Crippen LogP contribution is 2.44. The summed E-state index contributed by atoms with van der Waals surface area (Å²) in [4.78, 5) is 34.9. The van der Waals surface area contributed by atoms with Crippen molar-refractivity contribution in [2.75, 3.05) is 18.5 Å². The molecule has 0 unspecified atom stereocenters. The van der Waals surface area contributed by atoms with E-state index in [4.69, 9.17) is 9.84 Å². The van der Waals surface area contributed by atoms with Crippen LogP contribution in [-0.4, -0.2) is 46.5 Å². The SMILES string of the molecule is O=C(O)/C=C/CNC(=O)c1nonc1NC(=O)OCC1c2ccccc2-c2ccccc21. The van der Waals surface area contributed by atoms with Crippen molar-refractivity contribution in [2.45, 2.75) is 5.92 Å². The lowest BCUT2D eigenvalue weighted by Crippen LogP contribution is -2.26. The molecule has 1 aliphatic carbocycles. The number of carbonyl (C=O) groups excluding carboxylic acids is 2. The van der Waals surface area contributed by atoms with E-state index in [9.17, 15) is 14.4 Å². The Morgan fingerprint density at radius 3 is 2.34 bits per heavy atom. The Bertz CT molecular complexity index is 1160. The van der Waals surface area contributed by atoms with Crippen LogP contribution in [-0.2, 0) is 9.53 Å². The first-order chi connectivity index (χ1) is 15.5. The Kier molecular flexibility index (Phi) is 5.93. The van der Waals surface area contributed by atoms with Gasteiger partial charge in [-0.2, -0.15) is 0 Å². The molecule has 0 aliphatic heterocycles. The zero-order valence-corrected chi connectivity index (χ0v) is 16.6. The summed E-state index contributed by atoms with van der Waals surface area (Å²) in [6, 6.07) is 15.9. The van der Waals surface area contributed by atoms with Gasteiger partial charge in [-0.3, -0.25) is 10.1 Å². The molecular weight excluding hydrogens is 416 g/mol. The van der Waals surface area contributed by atoms with Crippen LogP contribution in [0.25, 0.3) is 11.1 Å². The largest absolute Gasteiger partial charge is 0.478 e. The van der Waals surface area contributed by atoms with Crippen LogP contribution >= 0.6 is 0 Å². The molecule has 1 aliphatic rings. The third kappa shape index (κ3) is 4.33. The first-order valence-electron chi connectivity index (χ1n) is 9.67. The molecule has 0 fully saturated rings.